The Bertz CT molecular complexity index is 235. The van der Waals surface area contributed by atoms with Crippen molar-refractivity contribution >= 4 is 6.09 Å². The van der Waals surface area contributed by atoms with Crippen molar-refractivity contribution < 1.29 is 27.8 Å². The highest BCUT2D eigenvalue weighted by atomic mass is 19.4. The fourth-order valence-electron chi connectivity index (χ4n) is 0.899. The van der Waals surface area contributed by atoms with E-state index in [1.807, 2.05) is 0 Å². The Morgan fingerprint density at radius 1 is 1.31 bits per heavy atom. The summed E-state index contributed by atoms with van der Waals surface area (Å²) in [7, 11) is 0. The predicted octanol–water partition coefficient (Wildman–Crippen LogP) is 1.78. The maximum atomic E-state index is 12.1. The van der Waals surface area contributed by atoms with Crippen LogP contribution in [0.25, 0.3) is 0 Å². The third-order valence-electron chi connectivity index (χ3n) is 1.39. The Hall–Kier alpha value is -0.980. The molecule has 1 N–H and O–H groups in total. The first-order valence-electron chi connectivity index (χ1n) is 4.71. The summed E-state index contributed by atoms with van der Waals surface area (Å²) in [6.45, 7) is 2.27. The van der Waals surface area contributed by atoms with Crippen LogP contribution < -0.4 is 0 Å². The van der Waals surface area contributed by atoms with Gasteiger partial charge in [-0.05, 0) is 20.8 Å². The van der Waals surface area contributed by atoms with Gasteiger partial charge in [0, 0.05) is 6.54 Å². The highest BCUT2D eigenvalue weighted by molar-refractivity contribution is 5.68. The Morgan fingerprint density at radius 2 is 1.81 bits per heavy atom. The Balaban J connectivity index is 4.47. The average Bonchev–Trinajstić information content (AvgIpc) is 1.97. The van der Waals surface area contributed by atoms with Crippen LogP contribution in [0, 0.1) is 0 Å². The molecule has 0 unspecified atom stereocenters. The van der Waals surface area contributed by atoms with Crippen LogP contribution in [0.1, 0.15) is 20.8 Å². The minimum Gasteiger partial charge on any atom is -0.444 e. The lowest BCUT2D eigenvalue weighted by molar-refractivity contribution is -0.145. The van der Waals surface area contributed by atoms with Crippen molar-refractivity contribution in [2.45, 2.75) is 32.5 Å². The Labute approximate surface area is 92.0 Å². The number of aliphatic hydroxyl groups excluding tert-OH is 1. The van der Waals surface area contributed by atoms with Gasteiger partial charge in [-0.15, -0.1) is 0 Å². The number of nitrogens with zero attached hydrogens (tertiary/aromatic N) is 1. The van der Waals surface area contributed by atoms with E-state index in [-0.39, 0.29) is 0 Å². The van der Waals surface area contributed by atoms with E-state index in [1.165, 1.54) is 0 Å². The zero-order valence-electron chi connectivity index (χ0n) is 9.47. The van der Waals surface area contributed by atoms with Crippen LogP contribution in [0.4, 0.5) is 18.0 Å². The van der Waals surface area contributed by atoms with Crippen LogP contribution in [-0.2, 0) is 4.74 Å². The molecule has 1 amide bonds. The summed E-state index contributed by atoms with van der Waals surface area (Å²) in [4.78, 5) is 11.7. The van der Waals surface area contributed by atoms with Gasteiger partial charge in [0.1, 0.15) is 12.1 Å². The molecule has 0 saturated heterocycles. The molecule has 0 fully saturated rings. The number of rotatable bonds is 3. The molecule has 0 bridgehead atoms. The van der Waals surface area contributed by atoms with Gasteiger partial charge in [-0.1, -0.05) is 0 Å². The second kappa shape index (κ2) is 5.38. The zero-order valence-corrected chi connectivity index (χ0v) is 9.47. The molecule has 0 aromatic heterocycles. The number of halogens is 3. The lowest BCUT2D eigenvalue weighted by atomic mass is 10.2. The lowest BCUT2D eigenvalue weighted by Crippen LogP contribution is -2.43. The molecule has 0 radical (unpaired) electrons. The summed E-state index contributed by atoms with van der Waals surface area (Å²) in [5.41, 5.74) is -0.865. The first-order valence-corrected chi connectivity index (χ1v) is 4.71. The molecule has 0 aliphatic heterocycles. The molecule has 0 heterocycles. The number of carbonyl (C=O) groups excluding carboxylic acids is 1. The summed E-state index contributed by atoms with van der Waals surface area (Å²) >= 11 is 0. The van der Waals surface area contributed by atoms with Crippen molar-refractivity contribution in [1.29, 1.82) is 0 Å². The number of hydrogen-bond acceptors (Lipinski definition) is 3. The molecule has 96 valence electrons. The molecular formula is C9H16F3NO3. The molecule has 4 nitrogen and oxygen atoms in total. The summed E-state index contributed by atoms with van der Waals surface area (Å²) < 4.78 is 41.0. The van der Waals surface area contributed by atoms with Crippen LogP contribution in [0.15, 0.2) is 0 Å². The number of hydrogen-bond donors (Lipinski definition) is 1. The average molecular weight is 243 g/mol. The predicted molar refractivity (Wildman–Crippen MR) is 50.9 cm³/mol. The van der Waals surface area contributed by atoms with Gasteiger partial charge >= 0.3 is 12.3 Å². The Kier molecular flexibility index (Phi) is 5.05. The van der Waals surface area contributed by atoms with Crippen molar-refractivity contribution in [2.24, 2.45) is 0 Å². The van der Waals surface area contributed by atoms with Crippen LogP contribution in [-0.4, -0.2) is 47.6 Å². The van der Waals surface area contributed by atoms with Crippen molar-refractivity contribution in [3.8, 4) is 0 Å². The van der Waals surface area contributed by atoms with Crippen molar-refractivity contribution in [1.82, 2.24) is 4.90 Å². The smallest absolute Gasteiger partial charge is 0.410 e. The van der Waals surface area contributed by atoms with E-state index < -0.39 is 37.6 Å². The molecule has 0 saturated carbocycles. The van der Waals surface area contributed by atoms with E-state index in [4.69, 9.17) is 9.84 Å². The Morgan fingerprint density at radius 3 is 2.12 bits per heavy atom. The van der Waals surface area contributed by atoms with Gasteiger partial charge in [0.05, 0.1) is 6.61 Å². The normalized spacial score (nSPS) is 12.4. The van der Waals surface area contributed by atoms with Crippen LogP contribution in [0.3, 0.4) is 0 Å². The minimum absolute atomic E-state index is 0.408. The molecule has 16 heavy (non-hydrogen) atoms. The van der Waals surface area contributed by atoms with Crippen molar-refractivity contribution in [3.05, 3.63) is 0 Å². The number of amides is 1. The minimum atomic E-state index is -4.51. The first kappa shape index (κ1) is 15.0. The quantitative estimate of drug-likeness (QED) is 0.822. The summed E-state index contributed by atoms with van der Waals surface area (Å²) in [6, 6.07) is 0. The van der Waals surface area contributed by atoms with Gasteiger partial charge in [-0.25, -0.2) is 4.79 Å². The van der Waals surface area contributed by atoms with Gasteiger partial charge < -0.3 is 9.84 Å². The SMILES string of the molecule is CC(C)(C)OC(=O)N(CCO)CC(F)(F)F. The second-order valence-electron chi connectivity index (χ2n) is 4.24. The van der Waals surface area contributed by atoms with Gasteiger partial charge in [0.2, 0.25) is 0 Å². The maximum absolute atomic E-state index is 12.1. The maximum Gasteiger partial charge on any atom is 0.410 e. The van der Waals surface area contributed by atoms with Gasteiger partial charge in [0.15, 0.2) is 0 Å². The zero-order chi connectivity index (χ0) is 13.0. The van der Waals surface area contributed by atoms with Gasteiger partial charge in [-0.2, -0.15) is 13.2 Å². The molecule has 0 aromatic carbocycles. The van der Waals surface area contributed by atoms with Gasteiger partial charge in [-0.3, -0.25) is 4.90 Å². The van der Waals surface area contributed by atoms with E-state index in [0.717, 1.165) is 0 Å². The van der Waals surface area contributed by atoms with E-state index in [0.29, 0.717) is 4.90 Å². The fraction of sp³-hybridized carbons (Fsp3) is 0.889. The third kappa shape index (κ3) is 7.33. The number of ether oxygens (including phenoxy) is 1. The summed E-state index contributed by atoms with van der Waals surface area (Å²) in [6.07, 6.45) is -5.59. The molecular weight excluding hydrogens is 227 g/mol. The van der Waals surface area contributed by atoms with Crippen LogP contribution >= 0.6 is 0 Å². The standard InChI is InChI=1S/C9H16F3NO3/c1-8(2,3)16-7(15)13(4-5-14)6-9(10,11)12/h14H,4-6H2,1-3H3. The summed E-state index contributed by atoms with van der Waals surface area (Å²) in [5.74, 6) is 0. The monoisotopic (exact) mass is 243 g/mol. The molecule has 0 atom stereocenters. The fourth-order valence-corrected chi connectivity index (χ4v) is 0.899. The van der Waals surface area contributed by atoms with Crippen molar-refractivity contribution in [3.63, 3.8) is 0 Å². The van der Waals surface area contributed by atoms with E-state index in [2.05, 4.69) is 0 Å². The number of alkyl halides is 3. The number of carbonyl (C=O) groups is 1. The topological polar surface area (TPSA) is 49.8 Å². The van der Waals surface area contributed by atoms with Crippen LogP contribution in [0.5, 0.6) is 0 Å². The van der Waals surface area contributed by atoms with Crippen molar-refractivity contribution in [2.75, 3.05) is 19.7 Å². The van der Waals surface area contributed by atoms with E-state index in [1.54, 1.807) is 20.8 Å². The molecule has 7 heteroatoms. The molecule has 0 aromatic rings. The lowest BCUT2D eigenvalue weighted by Gasteiger charge is -2.27. The molecule has 0 aliphatic rings. The first-order chi connectivity index (χ1) is 7.05. The second-order valence-corrected chi connectivity index (χ2v) is 4.24. The molecule has 0 rings (SSSR count). The third-order valence-corrected chi connectivity index (χ3v) is 1.39. The number of aliphatic hydroxyl groups is 1. The van der Waals surface area contributed by atoms with Gasteiger partial charge in [0.25, 0.3) is 0 Å². The highest BCUT2D eigenvalue weighted by Gasteiger charge is 2.34. The summed E-state index contributed by atoms with van der Waals surface area (Å²) in [5, 5.41) is 8.56. The molecule has 0 aliphatic carbocycles. The highest BCUT2D eigenvalue weighted by Crippen LogP contribution is 2.18. The largest absolute Gasteiger partial charge is 0.444 e. The molecule has 0 spiro atoms. The van der Waals surface area contributed by atoms with Crippen LogP contribution in [0.2, 0.25) is 0 Å². The van der Waals surface area contributed by atoms with E-state index >= 15 is 0 Å². The van der Waals surface area contributed by atoms with E-state index in [9.17, 15) is 18.0 Å².